The Hall–Kier alpha value is -1.99. The van der Waals surface area contributed by atoms with Crippen LogP contribution >= 0.6 is 0 Å². The lowest BCUT2D eigenvalue weighted by Gasteiger charge is -2.39. The first-order valence-corrected chi connectivity index (χ1v) is 7.44. The molecule has 0 radical (unpaired) electrons. The minimum atomic E-state index is -0.713. The maximum atomic E-state index is 12.5. The third kappa shape index (κ3) is 2.95. The number of amides is 1. The van der Waals surface area contributed by atoms with Crippen LogP contribution in [0.15, 0.2) is 18.3 Å². The maximum Gasteiger partial charge on any atom is 0.289 e. The molecule has 0 unspecified atom stereocenters. The molecule has 1 amide bonds. The molecule has 2 aromatic rings. The number of pyridine rings is 1. The highest BCUT2D eigenvalue weighted by Gasteiger charge is 2.35. The van der Waals surface area contributed by atoms with Gasteiger partial charge in [-0.15, -0.1) is 0 Å². The fourth-order valence-corrected chi connectivity index (χ4v) is 2.97. The molecule has 0 aliphatic carbocycles. The lowest BCUT2D eigenvalue weighted by molar-refractivity contribution is -0.0326. The van der Waals surface area contributed by atoms with Crippen LogP contribution in [0.5, 0.6) is 0 Å². The predicted octanol–water partition coefficient (Wildman–Crippen LogP) is 0.487. The van der Waals surface area contributed by atoms with Gasteiger partial charge in [0, 0.05) is 25.8 Å². The molecule has 7 heteroatoms. The Labute approximate surface area is 129 Å². The summed E-state index contributed by atoms with van der Waals surface area (Å²) in [6.07, 6.45) is 2.81. The van der Waals surface area contributed by atoms with Gasteiger partial charge in [-0.1, -0.05) is 0 Å². The Bertz CT molecular complexity index is 640. The summed E-state index contributed by atoms with van der Waals surface area (Å²) < 4.78 is 0. The van der Waals surface area contributed by atoms with Crippen molar-refractivity contribution in [2.45, 2.75) is 18.4 Å². The molecular weight excluding hydrogens is 282 g/mol. The minimum absolute atomic E-state index is 0.134. The van der Waals surface area contributed by atoms with E-state index in [9.17, 15) is 9.90 Å². The number of piperidine rings is 1. The summed E-state index contributed by atoms with van der Waals surface area (Å²) in [6, 6.07) is 3.65. The Morgan fingerprint density at radius 2 is 2.18 bits per heavy atom. The standard InChI is InChI=1S/C15H21N5O2/c1-19(2)10-15(22)5-8-20(9-6-15)14(21)13-17-11-4-3-7-16-12(11)18-13/h3-4,7,22H,5-6,8-10H2,1-2H3,(H,16,17,18). The van der Waals surface area contributed by atoms with Crippen LogP contribution in [0.3, 0.4) is 0 Å². The van der Waals surface area contributed by atoms with Crippen molar-refractivity contribution < 1.29 is 9.90 Å². The smallest absolute Gasteiger partial charge is 0.289 e. The highest BCUT2D eigenvalue weighted by atomic mass is 16.3. The zero-order chi connectivity index (χ0) is 15.7. The van der Waals surface area contributed by atoms with E-state index in [4.69, 9.17) is 0 Å². The third-order valence-corrected chi connectivity index (χ3v) is 4.05. The lowest BCUT2D eigenvalue weighted by Crippen LogP contribution is -2.51. The second kappa shape index (κ2) is 5.66. The summed E-state index contributed by atoms with van der Waals surface area (Å²) in [5, 5.41) is 10.5. The van der Waals surface area contributed by atoms with Crippen molar-refractivity contribution in [1.29, 1.82) is 0 Å². The predicted molar refractivity (Wildman–Crippen MR) is 82.5 cm³/mol. The number of likely N-dealkylation sites (tertiary alicyclic amines) is 1. The van der Waals surface area contributed by atoms with Gasteiger partial charge in [-0.05, 0) is 39.1 Å². The molecule has 118 valence electrons. The van der Waals surface area contributed by atoms with Crippen molar-refractivity contribution in [3.8, 4) is 0 Å². The van der Waals surface area contributed by atoms with Crippen LogP contribution in [0.1, 0.15) is 23.5 Å². The fourth-order valence-electron chi connectivity index (χ4n) is 2.97. The number of carbonyl (C=O) groups excluding carboxylic acids is 1. The molecule has 22 heavy (non-hydrogen) atoms. The molecule has 1 aliphatic heterocycles. The fraction of sp³-hybridized carbons (Fsp3) is 0.533. The molecule has 3 rings (SSSR count). The van der Waals surface area contributed by atoms with Crippen molar-refractivity contribution in [1.82, 2.24) is 24.8 Å². The molecule has 1 saturated heterocycles. The van der Waals surface area contributed by atoms with E-state index in [1.165, 1.54) is 0 Å². The van der Waals surface area contributed by atoms with Crippen LogP contribution in [0, 0.1) is 0 Å². The van der Waals surface area contributed by atoms with Crippen LogP contribution < -0.4 is 0 Å². The van der Waals surface area contributed by atoms with E-state index >= 15 is 0 Å². The number of carbonyl (C=O) groups is 1. The van der Waals surface area contributed by atoms with Gasteiger partial charge in [-0.25, -0.2) is 9.97 Å². The molecule has 0 bridgehead atoms. The first kappa shape index (κ1) is 14.9. The van der Waals surface area contributed by atoms with Crippen molar-refractivity contribution in [3.63, 3.8) is 0 Å². The van der Waals surface area contributed by atoms with Gasteiger partial charge >= 0.3 is 0 Å². The van der Waals surface area contributed by atoms with Crippen molar-refractivity contribution >= 4 is 17.1 Å². The Balaban J connectivity index is 1.69. The first-order chi connectivity index (χ1) is 10.5. The van der Waals surface area contributed by atoms with E-state index in [1.54, 1.807) is 17.2 Å². The average molecular weight is 303 g/mol. The average Bonchev–Trinajstić information content (AvgIpc) is 2.90. The van der Waals surface area contributed by atoms with E-state index in [0.29, 0.717) is 43.9 Å². The molecule has 7 nitrogen and oxygen atoms in total. The summed E-state index contributed by atoms with van der Waals surface area (Å²) in [4.78, 5) is 27.6. The van der Waals surface area contributed by atoms with Gasteiger partial charge in [0.05, 0.1) is 11.1 Å². The monoisotopic (exact) mass is 303 g/mol. The van der Waals surface area contributed by atoms with Crippen LogP contribution in [0.2, 0.25) is 0 Å². The van der Waals surface area contributed by atoms with Gasteiger partial charge in [-0.3, -0.25) is 4.79 Å². The number of aliphatic hydroxyl groups is 1. The third-order valence-electron chi connectivity index (χ3n) is 4.05. The number of fused-ring (bicyclic) bond motifs is 1. The number of H-pyrrole nitrogens is 1. The van der Waals surface area contributed by atoms with Gasteiger partial charge < -0.3 is 19.9 Å². The molecule has 2 N–H and O–H groups in total. The van der Waals surface area contributed by atoms with Crippen molar-refractivity contribution in [3.05, 3.63) is 24.2 Å². The molecule has 1 fully saturated rings. The molecule has 1 aliphatic rings. The zero-order valence-corrected chi connectivity index (χ0v) is 12.9. The summed E-state index contributed by atoms with van der Waals surface area (Å²) in [7, 11) is 3.88. The number of hydrogen-bond acceptors (Lipinski definition) is 5. The van der Waals surface area contributed by atoms with Gasteiger partial charge in [0.1, 0.15) is 0 Å². The largest absolute Gasteiger partial charge is 0.388 e. The van der Waals surface area contributed by atoms with E-state index in [2.05, 4.69) is 15.0 Å². The number of nitrogens with one attached hydrogen (secondary N) is 1. The Morgan fingerprint density at radius 3 is 2.82 bits per heavy atom. The topological polar surface area (TPSA) is 85.3 Å². The van der Waals surface area contributed by atoms with Crippen molar-refractivity contribution in [2.24, 2.45) is 0 Å². The zero-order valence-electron chi connectivity index (χ0n) is 12.9. The van der Waals surface area contributed by atoms with Crippen molar-refractivity contribution in [2.75, 3.05) is 33.7 Å². The summed E-state index contributed by atoms with van der Waals surface area (Å²) >= 11 is 0. The molecule has 2 aromatic heterocycles. The van der Waals surface area contributed by atoms with Gasteiger partial charge in [0.25, 0.3) is 5.91 Å². The molecular formula is C15H21N5O2. The number of likely N-dealkylation sites (N-methyl/N-ethyl adjacent to an activating group) is 1. The minimum Gasteiger partial charge on any atom is -0.388 e. The molecule has 3 heterocycles. The van der Waals surface area contributed by atoms with Crippen LogP contribution in [0.4, 0.5) is 0 Å². The lowest BCUT2D eigenvalue weighted by atomic mass is 9.91. The van der Waals surface area contributed by atoms with E-state index in [0.717, 1.165) is 5.52 Å². The number of hydrogen-bond donors (Lipinski definition) is 2. The summed E-state index contributed by atoms with van der Waals surface area (Å²) in [5.74, 6) is 0.177. The quantitative estimate of drug-likeness (QED) is 0.862. The normalized spacial score (nSPS) is 18.1. The molecule has 0 atom stereocenters. The number of imidazole rings is 1. The molecule has 0 spiro atoms. The first-order valence-electron chi connectivity index (χ1n) is 7.44. The summed E-state index contributed by atoms with van der Waals surface area (Å²) in [5.41, 5.74) is 0.592. The highest BCUT2D eigenvalue weighted by molar-refractivity contribution is 5.93. The SMILES string of the molecule is CN(C)CC1(O)CCN(C(=O)c2nc3ncccc3[nH]2)CC1. The van der Waals surface area contributed by atoms with E-state index < -0.39 is 5.60 Å². The number of rotatable bonds is 3. The van der Waals surface area contributed by atoms with Gasteiger partial charge in [-0.2, -0.15) is 0 Å². The second-order valence-corrected chi connectivity index (χ2v) is 6.21. The van der Waals surface area contributed by atoms with Crippen LogP contribution in [0.25, 0.3) is 11.2 Å². The van der Waals surface area contributed by atoms with Gasteiger partial charge in [0.2, 0.25) is 0 Å². The van der Waals surface area contributed by atoms with E-state index in [1.807, 2.05) is 25.1 Å². The maximum absolute atomic E-state index is 12.5. The highest BCUT2D eigenvalue weighted by Crippen LogP contribution is 2.23. The number of aromatic amines is 1. The van der Waals surface area contributed by atoms with E-state index in [-0.39, 0.29) is 5.91 Å². The van der Waals surface area contributed by atoms with Crippen LogP contribution in [-0.4, -0.2) is 75.1 Å². The Morgan fingerprint density at radius 1 is 1.45 bits per heavy atom. The summed E-state index contributed by atoms with van der Waals surface area (Å²) in [6.45, 7) is 1.69. The molecule has 0 saturated carbocycles. The Kier molecular flexibility index (Phi) is 3.84. The number of nitrogens with zero attached hydrogens (tertiary/aromatic N) is 4. The van der Waals surface area contributed by atoms with Crippen LogP contribution in [-0.2, 0) is 0 Å². The molecule has 0 aromatic carbocycles. The van der Waals surface area contributed by atoms with Gasteiger partial charge in [0.15, 0.2) is 11.5 Å². The second-order valence-electron chi connectivity index (χ2n) is 6.21. The number of aromatic nitrogens is 3.